The van der Waals surface area contributed by atoms with E-state index < -0.39 is 10.0 Å². The zero-order valence-electron chi connectivity index (χ0n) is 13.9. The standard InChI is InChI=1S/C17H24N4O2S/c1-13-10-19-11-14-4-2-5-16(17(13)14)24(22,23)21-9-6-15(12-21)20-8-3-7-18/h2,4-5,10-11,15,20H,3,6-9,12,18H2,1H3/t15-/m1/s1. The Labute approximate surface area is 143 Å². The Morgan fingerprint density at radius 3 is 3.00 bits per heavy atom. The lowest BCUT2D eigenvalue weighted by Gasteiger charge is -2.19. The fraction of sp³-hybridized carbons (Fsp3) is 0.471. The third-order valence-corrected chi connectivity index (χ3v) is 6.42. The summed E-state index contributed by atoms with van der Waals surface area (Å²) in [7, 11) is -3.51. The first-order chi connectivity index (χ1) is 11.5. The number of hydrogen-bond donors (Lipinski definition) is 2. The van der Waals surface area contributed by atoms with Crippen molar-refractivity contribution in [3.63, 3.8) is 0 Å². The number of nitrogens with zero attached hydrogens (tertiary/aromatic N) is 2. The number of benzene rings is 1. The van der Waals surface area contributed by atoms with Crippen molar-refractivity contribution in [2.75, 3.05) is 26.2 Å². The van der Waals surface area contributed by atoms with Crippen LogP contribution in [0.1, 0.15) is 18.4 Å². The first-order valence-electron chi connectivity index (χ1n) is 8.31. The highest BCUT2D eigenvalue weighted by molar-refractivity contribution is 7.89. The Kier molecular flexibility index (Phi) is 5.15. The van der Waals surface area contributed by atoms with Crippen LogP contribution >= 0.6 is 0 Å². The second-order valence-corrected chi connectivity index (χ2v) is 8.16. The molecule has 0 spiro atoms. The second-order valence-electron chi connectivity index (χ2n) is 6.26. The first-order valence-corrected chi connectivity index (χ1v) is 9.75. The van der Waals surface area contributed by atoms with Crippen molar-refractivity contribution < 1.29 is 8.42 Å². The summed E-state index contributed by atoms with van der Waals surface area (Å²) >= 11 is 0. The summed E-state index contributed by atoms with van der Waals surface area (Å²) in [6, 6.07) is 5.57. The number of pyridine rings is 1. The molecule has 0 saturated carbocycles. The van der Waals surface area contributed by atoms with Gasteiger partial charge in [-0.1, -0.05) is 12.1 Å². The molecule has 0 aliphatic carbocycles. The highest BCUT2D eigenvalue weighted by Crippen LogP contribution is 2.29. The van der Waals surface area contributed by atoms with Gasteiger partial charge in [-0.2, -0.15) is 4.31 Å². The smallest absolute Gasteiger partial charge is 0.243 e. The number of rotatable bonds is 6. The maximum Gasteiger partial charge on any atom is 0.243 e. The molecule has 1 aromatic heterocycles. The Morgan fingerprint density at radius 1 is 1.38 bits per heavy atom. The number of aromatic nitrogens is 1. The zero-order valence-corrected chi connectivity index (χ0v) is 14.7. The van der Waals surface area contributed by atoms with E-state index in [0.717, 1.165) is 35.7 Å². The molecule has 1 aliphatic heterocycles. The van der Waals surface area contributed by atoms with Crippen molar-refractivity contribution in [2.45, 2.75) is 30.7 Å². The average Bonchev–Trinajstić information content (AvgIpc) is 3.05. The van der Waals surface area contributed by atoms with E-state index in [1.165, 1.54) is 0 Å². The van der Waals surface area contributed by atoms with E-state index in [4.69, 9.17) is 5.73 Å². The van der Waals surface area contributed by atoms with Crippen LogP contribution in [-0.4, -0.2) is 49.9 Å². The minimum Gasteiger partial charge on any atom is -0.330 e. The molecule has 1 fully saturated rings. The highest BCUT2D eigenvalue weighted by atomic mass is 32.2. The molecular weight excluding hydrogens is 324 g/mol. The SMILES string of the molecule is Cc1cncc2cccc(S(=O)(=O)N3CC[C@@H](NCCCN)C3)c12. The summed E-state index contributed by atoms with van der Waals surface area (Å²) in [6.07, 6.45) is 5.15. The fourth-order valence-corrected chi connectivity index (χ4v) is 5.03. The van der Waals surface area contributed by atoms with Crippen LogP contribution in [0.25, 0.3) is 10.8 Å². The van der Waals surface area contributed by atoms with E-state index in [1.807, 2.05) is 13.0 Å². The predicted molar refractivity (Wildman–Crippen MR) is 95.3 cm³/mol. The zero-order chi connectivity index (χ0) is 17.2. The van der Waals surface area contributed by atoms with Crippen molar-refractivity contribution in [2.24, 2.45) is 5.73 Å². The van der Waals surface area contributed by atoms with E-state index in [1.54, 1.807) is 28.8 Å². The molecule has 7 heteroatoms. The molecule has 0 unspecified atom stereocenters. The van der Waals surface area contributed by atoms with Gasteiger partial charge in [0.05, 0.1) is 4.90 Å². The van der Waals surface area contributed by atoms with Gasteiger partial charge < -0.3 is 11.1 Å². The van der Waals surface area contributed by atoms with Gasteiger partial charge in [-0.15, -0.1) is 0 Å². The number of aryl methyl sites for hydroxylation is 1. The lowest BCUT2D eigenvalue weighted by atomic mass is 10.1. The maximum absolute atomic E-state index is 13.1. The lowest BCUT2D eigenvalue weighted by Crippen LogP contribution is -2.36. The summed E-state index contributed by atoms with van der Waals surface area (Å²) in [6.45, 7) is 4.42. The van der Waals surface area contributed by atoms with E-state index in [9.17, 15) is 8.42 Å². The van der Waals surface area contributed by atoms with E-state index in [2.05, 4.69) is 10.3 Å². The van der Waals surface area contributed by atoms with Gasteiger partial charge in [0.25, 0.3) is 0 Å². The quantitative estimate of drug-likeness (QED) is 0.767. The van der Waals surface area contributed by atoms with E-state index in [0.29, 0.717) is 24.5 Å². The summed E-state index contributed by atoms with van der Waals surface area (Å²) in [5.74, 6) is 0. The second kappa shape index (κ2) is 7.14. The topological polar surface area (TPSA) is 88.3 Å². The number of nitrogens with one attached hydrogen (secondary N) is 1. The Balaban J connectivity index is 1.87. The van der Waals surface area contributed by atoms with Crippen LogP contribution < -0.4 is 11.1 Å². The van der Waals surface area contributed by atoms with Crippen molar-refractivity contribution in [3.8, 4) is 0 Å². The van der Waals surface area contributed by atoms with Gasteiger partial charge in [-0.3, -0.25) is 4.98 Å². The molecule has 2 aromatic rings. The largest absolute Gasteiger partial charge is 0.330 e. The fourth-order valence-electron chi connectivity index (χ4n) is 3.25. The van der Waals surface area contributed by atoms with Crippen LogP contribution in [0.15, 0.2) is 35.5 Å². The van der Waals surface area contributed by atoms with Crippen molar-refractivity contribution in [3.05, 3.63) is 36.2 Å². The van der Waals surface area contributed by atoms with Crippen LogP contribution in [0.4, 0.5) is 0 Å². The number of hydrogen-bond acceptors (Lipinski definition) is 5. The van der Waals surface area contributed by atoms with Crippen LogP contribution in [0.3, 0.4) is 0 Å². The molecule has 0 radical (unpaired) electrons. The van der Waals surface area contributed by atoms with E-state index in [-0.39, 0.29) is 6.04 Å². The molecule has 130 valence electrons. The third-order valence-electron chi connectivity index (χ3n) is 4.52. The molecule has 1 aliphatic rings. The minimum absolute atomic E-state index is 0.198. The van der Waals surface area contributed by atoms with Gasteiger partial charge in [0.1, 0.15) is 0 Å². The maximum atomic E-state index is 13.1. The summed E-state index contributed by atoms with van der Waals surface area (Å²) in [5.41, 5.74) is 6.38. The van der Waals surface area contributed by atoms with E-state index >= 15 is 0 Å². The molecule has 6 nitrogen and oxygen atoms in total. The Morgan fingerprint density at radius 2 is 2.21 bits per heavy atom. The molecule has 2 heterocycles. The number of sulfonamides is 1. The monoisotopic (exact) mass is 348 g/mol. The van der Waals surface area contributed by atoms with Gasteiger partial charge in [0, 0.05) is 42.3 Å². The predicted octanol–water partition coefficient (Wildman–Crippen LogP) is 1.24. The first kappa shape index (κ1) is 17.3. The van der Waals surface area contributed by atoms with Crippen molar-refractivity contribution in [1.82, 2.24) is 14.6 Å². The molecule has 3 N–H and O–H groups in total. The van der Waals surface area contributed by atoms with Gasteiger partial charge >= 0.3 is 0 Å². The molecule has 3 rings (SSSR count). The van der Waals surface area contributed by atoms with Crippen molar-refractivity contribution in [1.29, 1.82) is 0 Å². The van der Waals surface area contributed by atoms with Gasteiger partial charge in [0.15, 0.2) is 0 Å². The molecule has 1 saturated heterocycles. The average molecular weight is 348 g/mol. The van der Waals surface area contributed by atoms with Crippen LogP contribution in [0, 0.1) is 6.92 Å². The lowest BCUT2D eigenvalue weighted by molar-refractivity contribution is 0.456. The van der Waals surface area contributed by atoms with Crippen LogP contribution in [0.2, 0.25) is 0 Å². The number of fused-ring (bicyclic) bond motifs is 1. The molecule has 0 amide bonds. The molecule has 1 atom stereocenters. The van der Waals surface area contributed by atoms with Crippen molar-refractivity contribution >= 4 is 20.8 Å². The normalized spacial score (nSPS) is 19.2. The summed E-state index contributed by atoms with van der Waals surface area (Å²) in [5, 5.41) is 5.01. The molecule has 0 bridgehead atoms. The minimum atomic E-state index is -3.51. The number of nitrogens with two attached hydrogens (primary N) is 1. The third kappa shape index (κ3) is 3.30. The summed E-state index contributed by atoms with van der Waals surface area (Å²) < 4.78 is 27.9. The summed E-state index contributed by atoms with van der Waals surface area (Å²) in [4.78, 5) is 4.54. The van der Waals surface area contributed by atoms with Gasteiger partial charge in [-0.05, 0) is 44.5 Å². The Bertz CT molecular complexity index is 817. The molecule has 24 heavy (non-hydrogen) atoms. The van der Waals surface area contributed by atoms with Crippen LogP contribution in [0.5, 0.6) is 0 Å². The van der Waals surface area contributed by atoms with Gasteiger partial charge in [0.2, 0.25) is 10.0 Å². The van der Waals surface area contributed by atoms with Gasteiger partial charge in [-0.25, -0.2) is 8.42 Å². The van der Waals surface area contributed by atoms with Crippen LogP contribution in [-0.2, 0) is 10.0 Å². The Hall–Kier alpha value is -1.54. The molecule has 1 aromatic carbocycles. The highest BCUT2D eigenvalue weighted by Gasteiger charge is 2.33. The molecular formula is C17H24N4O2S.